The van der Waals surface area contributed by atoms with Crippen molar-refractivity contribution in [3.8, 4) is 0 Å². The van der Waals surface area contributed by atoms with Crippen molar-refractivity contribution in [3.05, 3.63) is 101 Å². The Bertz CT molecular complexity index is 1360. The van der Waals surface area contributed by atoms with Gasteiger partial charge in [-0.15, -0.1) is 0 Å². The zero-order valence-corrected chi connectivity index (χ0v) is 22.9. The highest BCUT2D eigenvalue weighted by Gasteiger charge is 2.33. The molecule has 1 N–H and O–H groups in total. The van der Waals surface area contributed by atoms with Crippen LogP contribution in [0.2, 0.25) is 0 Å². The lowest BCUT2D eigenvalue weighted by atomic mass is 10.0. The summed E-state index contributed by atoms with van der Waals surface area (Å²) in [6, 6.07) is 20.9. The Kier molecular flexibility index (Phi) is 9.63. The Morgan fingerprint density at radius 3 is 2.18 bits per heavy atom. The molecular formula is C29H34FN3O4S. The molecule has 9 heteroatoms. The Labute approximate surface area is 224 Å². The number of halogens is 1. The number of sulfonamides is 1. The third-order valence-electron chi connectivity index (χ3n) is 5.91. The van der Waals surface area contributed by atoms with E-state index in [1.807, 2.05) is 75.4 Å². The molecule has 7 nitrogen and oxygen atoms in total. The van der Waals surface area contributed by atoms with E-state index in [9.17, 15) is 22.4 Å². The van der Waals surface area contributed by atoms with E-state index >= 15 is 0 Å². The number of benzene rings is 3. The van der Waals surface area contributed by atoms with Gasteiger partial charge < -0.3 is 10.2 Å². The van der Waals surface area contributed by atoms with Crippen molar-refractivity contribution in [3.63, 3.8) is 0 Å². The fraction of sp³-hybridized carbons (Fsp3) is 0.310. The molecule has 1 atom stereocenters. The van der Waals surface area contributed by atoms with Crippen LogP contribution >= 0.6 is 0 Å². The SMILES string of the molecule is Cc1cccc(CN(C(=O)CN(c2cccc(F)c2)S(C)(=O)=O)[C@H](Cc2ccccc2)C(=O)NC(C)C)c1. The Balaban J connectivity index is 2.06. The van der Waals surface area contributed by atoms with Gasteiger partial charge in [0.05, 0.1) is 11.9 Å². The molecule has 202 valence electrons. The molecule has 3 rings (SSSR count). The Morgan fingerprint density at radius 2 is 1.58 bits per heavy atom. The minimum Gasteiger partial charge on any atom is -0.352 e. The maximum absolute atomic E-state index is 14.0. The van der Waals surface area contributed by atoms with Gasteiger partial charge in [0, 0.05) is 19.0 Å². The number of carbonyl (C=O) groups is 2. The fourth-order valence-electron chi connectivity index (χ4n) is 4.19. The molecule has 0 aliphatic heterocycles. The normalized spacial score (nSPS) is 12.2. The molecule has 0 aliphatic carbocycles. The first kappa shape index (κ1) is 28.8. The number of amides is 2. The van der Waals surface area contributed by atoms with Gasteiger partial charge in [0.1, 0.15) is 18.4 Å². The van der Waals surface area contributed by atoms with Crippen molar-refractivity contribution in [2.45, 2.75) is 45.8 Å². The summed E-state index contributed by atoms with van der Waals surface area (Å²) in [5, 5.41) is 2.90. The van der Waals surface area contributed by atoms with E-state index in [4.69, 9.17) is 0 Å². The number of anilines is 1. The summed E-state index contributed by atoms with van der Waals surface area (Å²) in [6.45, 7) is 5.09. The quantitative estimate of drug-likeness (QED) is 0.398. The second kappa shape index (κ2) is 12.7. The molecule has 0 fully saturated rings. The molecule has 0 radical (unpaired) electrons. The molecule has 0 heterocycles. The minimum absolute atomic E-state index is 0.0302. The second-order valence-electron chi connectivity index (χ2n) is 9.63. The third kappa shape index (κ3) is 8.14. The number of nitrogens with one attached hydrogen (secondary N) is 1. The number of hydrogen-bond donors (Lipinski definition) is 1. The van der Waals surface area contributed by atoms with E-state index in [0.717, 1.165) is 33.3 Å². The predicted octanol–water partition coefficient (Wildman–Crippen LogP) is 4.06. The second-order valence-corrected chi connectivity index (χ2v) is 11.5. The van der Waals surface area contributed by atoms with Crippen LogP contribution in [0.5, 0.6) is 0 Å². The third-order valence-corrected chi connectivity index (χ3v) is 7.05. The van der Waals surface area contributed by atoms with Gasteiger partial charge in [0.25, 0.3) is 0 Å². The molecule has 0 aliphatic rings. The van der Waals surface area contributed by atoms with E-state index in [1.54, 1.807) is 0 Å². The van der Waals surface area contributed by atoms with Gasteiger partial charge in [-0.2, -0.15) is 0 Å². The summed E-state index contributed by atoms with van der Waals surface area (Å²) in [5.74, 6) is -1.55. The molecule has 3 aromatic carbocycles. The van der Waals surface area contributed by atoms with Gasteiger partial charge in [0.15, 0.2) is 0 Å². The number of carbonyl (C=O) groups excluding carboxylic acids is 2. The average molecular weight is 540 g/mol. The summed E-state index contributed by atoms with van der Waals surface area (Å²) < 4.78 is 40.2. The zero-order chi connectivity index (χ0) is 27.9. The van der Waals surface area contributed by atoms with Crippen LogP contribution < -0.4 is 9.62 Å². The van der Waals surface area contributed by atoms with Crippen LogP contribution in [-0.2, 0) is 32.6 Å². The standard InChI is InChI=1S/C29H34FN3O4S/c1-21(2)31-29(35)27(17-23-11-6-5-7-12-23)32(19-24-13-8-10-22(3)16-24)28(34)20-33(38(4,36)37)26-15-9-14-25(30)18-26/h5-16,18,21,27H,17,19-20H2,1-4H3,(H,31,35)/t27-/m1/s1. The lowest BCUT2D eigenvalue weighted by molar-refractivity contribution is -0.140. The molecule has 0 aromatic heterocycles. The van der Waals surface area contributed by atoms with Gasteiger partial charge >= 0.3 is 0 Å². The predicted molar refractivity (Wildman–Crippen MR) is 148 cm³/mol. The van der Waals surface area contributed by atoms with E-state index in [2.05, 4.69) is 5.32 Å². The maximum Gasteiger partial charge on any atom is 0.244 e. The number of aryl methyl sites for hydroxylation is 1. The molecule has 38 heavy (non-hydrogen) atoms. The minimum atomic E-state index is -3.95. The Hall–Kier alpha value is -3.72. The maximum atomic E-state index is 14.0. The lowest BCUT2D eigenvalue weighted by Gasteiger charge is -2.34. The number of rotatable bonds is 11. The summed E-state index contributed by atoms with van der Waals surface area (Å²) in [6.07, 6.45) is 1.19. The summed E-state index contributed by atoms with van der Waals surface area (Å²) >= 11 is 0. The molecule has 3 aromatic rings. The van der Waals surface area contributed by atoms with Gasteiger partial charge in [-0.3, -0.25) is 13.9 Å². The highest BCUT2D eigenvalue weighted by Crippen LogP contribution is 2.21. The van der Waals surface area contributed by atoms with Gasteiger partial charge in [-0.05, 0) is 50.1 Å². The fourth-order valence-corrected chi connectivity index (χ4v) is 5.03. The molecule has 0 bridgehead atoms. The summed E-state index contributed by atoms with van der Waals surface area (Å²) in [5.41, 5.74) is 2.66. The van der Waals surface area contributed by atoms with Crippen LogP contribution in [0.25, 0.3) is 0 Å². The highest BCUT2D eigenvalue weighted by molar-refractivity contribution is 7.92. The van der Waals surface area contributed by atoms with E-state index < -0.39 is 34.3 Å². The topological polar surface area (TPSA) is 86.8 Å². The smallest absolute Gasteiger partial charge is 0.244 e. The van der Waals surface area contributed by atoms with Crippen LogP contribution in [0.3, 0.4) is 0 Å². The van der Waals surface area contributed by atoms with Gasteiger partial charge in [-0.25, -0.2) is 12.8 Å². The van der Waals surface area contributed by atoms with E-state index in [-0.39, 0.29) is 30.6 Å². The van der Waals surface area contributed by atoms with Crippen LogP contribution in [-0.4, -0.2) is 50.0 Å². The monoisotopic (exact) mass is 539 g/mol. The van der Waals surface area contributed by atoms with Crippen LogP contribution in [0.1, 0.15) is 30.5 Å². The highest BCUT2D eigenvalue weighted by atomic mass is 32.2. The van der Waals surface area contributed by atoms with Crippen molar-refractivity contribution in [1.29, 1.82) is 0 Å². The molecule has 0 saturated carbocycles. The van der Waals surface area contributed by atoms with E-state index in [0.29, 0.717) is 0 Å². The Morgan fingerprint density at radius 1 is 0.921 bits per heavy atom. The number of nitrogens with zero attached hydrogens (tertiary/aromatic N) is 2. The van der Waals surface area contributed by atoms with Crippen molar-refractivity contribution < 1.29 is 22.4 Å². The first-order valence-electron chi connectivity index (χ1n) is 12.4. The van der Waals surface area contributed by atoms with Crippen LogP contribution in [0.4, 0.5) is 10.1 Å². The van der Waals surface area contributed by atoms with Crippen LogP contribution in [0.15, 0.2) is 78.9 Å². The molecule has 2 amide bonds. The molecular weight excluding hydrogens is 505 g/mol. The summed E-state index contributed by atoms with van der Waals surface area (Å²) in [7, 11) is -3.95. The van der Waals surface area contributed by atoms with Crippen molar-refractivity contribution >= 4 is 27.5 Å². The van der Waals surface area contributed by atoms with Crippen molar-refractivity contribution in [1.82, 2.24) is 10.2 Å². The molecule has 0 saturated heterocycles. The van der Waals surface area contributed by atoms with Crippen LogP contribution in [0, 0.1) is 12.7 Å². The van der Waals surface area contributed by atoms with Gasteiger partial charge in [0.2, 0.25) is 21.8 Å². The molecule has 0 unspecified atom stereocenters. The van der Waals surface area contributed by atoms with Crippen molar-refractivity contribution in [2.75, 3.05) is 17.1 Å². The first-order chi connectivity index (χ1) is 17.9. The lowest BCUT2D eigenvalue weighted by Crippen LogP contribution is -2.54. The summed E-state index contributed by atoms with van der Waals surface area (Å²) in [4.78, 5) is 28.8. The van der Waals surface area contributed by atoms with E-state index in [1.165, 1.54) is 23.1 Å². The van der Waals surface area contributed by atoms with Gasteiger partial charge in [-0.1, -0.05) is 66.2 Å². The first-order valence-corrected chi connectivity index (χ1v) is 14.2. The van der Waals surface area contributed by atoms with Crippen molar-refractivity contribution in [2.24, 2.45) is 0 Å². The number of hydrogen-bond acceptors (Lipinski definition) is 4. The zero-order valence-electron chi connectivity index (χ0n) is 22.1. The largest absolute Gasteiger partial charge is 0.352 e. The average Bonchev–Trinajstić information content (AvgIpc) is 2.84. The molecule has 0 spiro atoms.